The fourth-order valence-electron chi connectivity index (χ4n) is 2.75. The molecule has 3 rings (SSSR count). The summed E-state index contributed by atoms with van der Waals surface area (Å²) >= 11 is 0. The highest BCUT2D eigenvalue weighted by atomic mass is 16.7. The fraction of sp³-hybridized carbons (Fsp3) is 0.333. The standard InChI is InChI=1S/C18H20N2O4/c1-18(23-9-10-24-18)11-17(21)20-19-12-15-14-6-4-3-5-13(14)7-8-16(15)22-2/h3-8,12H,9-11H2,1-2H3,(H,20,21)/b19-12+. The molecule has 126 valence electrons. The number of carbonyl (C=O) groups is 1. The highest BCUT2D eigenvalue weighted by Crippen LogP contribution is 2.26. The number of rotatable bonds is 5. The molecule has 6 heteroatoms. The Bertz CT molecular complexity index is 767. The Balaban J connectivity index is 1.74. The number of amides is 1. The van der Waals surface area contributed by atoms with Crippen molar-refractivity contribution in [3.8, 4) is 5.75 Å². The molecule has 1 amide bonds. The largest absolute Gasteiger partial charge is 0.496 e. The normalized spacial score (nSPS) is 16.6. The molecule has 0 spiro atoms. The molecule has 6 nitrogen and oxygen atoms in total. The molecule has 0 unspecified atom stereocenters. The van der Waals surface area contributed by atoms with Gasteiger partial charge in [-0.25, -0.2) is 5.43 Å². The van der Waals surface area contributed by atoms with Gasteiger partial charge >= 0.3 is 0 Å². The summed E-state index contributed by atoms with van der Waals surface area (Å²) in [6.07, 6.45) is 1.69. The minimum atomic E-state index is -0.864. The fourth-order valence-corrected chi connectivity index (χ4v) is 2.75. The summed E-state index contributed by atoms with van der Waals surface area (Å²) in [7, 11) is 1.61. The molecule has 0 bridgehead atoms. The van der Waals surface area contributed by atoms with Crippen LogP contribution in [0.4, 0.5) is 0 Å². The number of hydrogen-bond donors (Lipinski definition) is 1. The number of fused-ring (bicyclic) bond motifs is 1. The Labute approximate surface area is 140 Å². The third-order valence-corrected chi connectivity index (χ3v) is 3.91. The molecular formula is C18H20N2O4. The maximum absolute atomic E-state index is 12.0. The van der Waals surface area contributed by atoms with Gasteiger partial charge in [0.15, 0.2) is 5.79 Å². The molecule has 2 aromatic carbocycles. The van der Waals surface area contributed by atoms with Crippen LogP contribution < -0.4 is 10.2 Å². The molecule has 1 N–H and O–H groups in total. The highest BCUT2D eigenvalue weighted by molar-refractivity contribution is 6.02. The summed E-state index contributed by atoms with van der Waals surface area (Å²) in [5.74, 6) is -0.438. The van der Waals surface area contributed by atoms with Crippen LogP contribution in [-0.2, 0) is 14.3 Å². The number of hydrazone groups is 1. The maximum Gasteiger partial charge on any atom is 0.245 e. The Hall–Kier alpha value is -2.44. The SMILES string of the molecule is COc1ccc2ccccc2c1/C=N/NC(=O)CC1(C)OCCO1. The van der Waals surface area contributed by atoms with Crippen molar-refractivity contribution in [1.82, 2.24) is 5.43 Å². The minimum Gasteiger partial charge on any atom is -0.496 e. The highest BCUT2D eigenvalue weighted by Gasteiger charge is 2.33. The molecule has 1 fully saturated rings. The predicted octanol–water partition coefficient (Wildman–Crippen LogP) is 2.45. The summed E-state index contributed by atoms with van der Waals surface area (Å²) < 4.78 is 16.2. The van der Waals surface area contributed by atoms with Gasteiger partial charge in [-0.1, -0.05) is 30.3 Å². The lowest BCUT2D eigenvalue weighted by atomic mass is 10.0. The molecule has 1 aliphatic rings. The monoisotopic (exact) mass is 328 g/mol. The van der Waals surface area contributed by atoms with E-state index in [9.17, 15) is 4.79 Å². The average molecular weight is 328 g/mol. The zero-order valence-electron chi connectivity index (χ0n) is 13.7. The number of hydrogen-bond acceptors (Lipinski definition) is 5. The molecule has 0 radical (unpaired) electrons. The van der Waals surface area contributed by atoms with Gasteiger partial charge in [0.25, 0.3) is 0 Å². The Kier molecular flexibility index (Phi) is 4.78. The smallest absolute Gasteiger partial charge is 0.245 e. The molecule has 0 aliphatic carbocycles. The second-order valence-electron chi connectivity index (χ2n) is 5.70. The van der Waals surface area contributed by atoms with Crippen LogP contribution in [0.3, 0.4) is 0 Å². The molecular weight excluding hydrogens is 308 g/mol. The van der Waals surface area contributed by atoms with E-state index in [1.165, 1.54) is 0 Å². The minimum absolute atomic E-state index is 0.0943. The quantitative estimate of drug-likeness (QED) is 0.676. The van der Waals surface area contributed by atoms with E-state index in [1.807, 2.05) is 36.4 Å². The molecule has 0 aromatic heterocycles. The van der Waals surface area contributed by atoms with Crippen molar-refractivity contribution in [2.24, 2.45) is 5.10 Å². The van der Waals surface area contributed by atoms with E-state index < -0.39 is 5.79 Å². The van der Waals surface area contributed by atoms with E-state index in [0.29, 0.717) is 19.0 Å². The summed E-state index contributed by atoms with van der Waals surface area (Å²) in [5, 5.41) is 6.14. The third-order valence-electron chi connectivity index (χ3n) is 3.91. The van der Waals surface area contributed by atoms with E-state index in [1.54, 1.807) is 20.2 Å². The van der Waals surface area contributed by atoms with Crippen LogP contribution in [0.2, 0.25) is 0 Å². The summed E-state index contributed by atoms with van der Waals surface area (Å²) in [6.45, 7) is 2.75. The van der Waals surface area contributed by atoms with Crippen LogP contribution in [0.5, 0.6) is 5.75 Å². The van der Waals surface area contributed by atoms with Gasteiger partial charge < -0.3 is 14.2 Å². The van der Waals surface area contributed by atoms with Crippen molar-refractivity contribution in [2.75, 3.05) is 20.3 Å². The number of benzene rings is 2. The molecule has 2 aromatic rings. The van der Waals surface area contributed by atoms with Gasteiger partial charge in [0.05, 0.1) is 33.0 Å². The third kappa shape index (κ3) is 3.55. The van der Waals surface area contributed by atoms with Crippen LogP contribution in [-0.4, -0.2) is 38.2 Å². The summed E-state index contributed by atoms with van der Waals surface area (Å²) in [5.41, 5.74) is 3.33. The van der Waals surface area contributed by atoms with Gasteiger partial charge in [-0.2, -0.15) is 5.10 Å². The van der Waals surface area contributed by atoms with E-state index in [0.717, 1.165) is 16.3 Å². The topological polar surface area (TPSA) is 69.2 Å². The van der Waals surface area contributed by atoms with E-state index in [2.05, 4.69) is 10.5 Å². The van der Waals surface area contributed by atoms with Gasteiger partial charge in [0.1, 0.15) is 5.75 Å². The number of nitrogens with one attached hydrogen (secondary N) is 1. The van der Waals surface area contributed by atoms with Crippen molar-refractivity contribution in [2.45, 2.75) is 19.1 Å². The lowest BCUT2D eigenvalue weighted by Crippen LogP contribution is -2.33. The van der Waals surface area contributed by atoms with Gasteiger partial charge in [0.2, 0.25) is 5.91 Å². The van der Waals surface area contributed by atoms with Crippen LogP contribution in [0.25, 0.3) is 10.8 Å². The van der Waals surface area contributed by atoms with Crippen LogP contribution in [0.15, 0.2) is 41.5 Å². The van der Waals surface area contributed by atoms with Crippen molar-refractivity contribution in [3.63, 3.8) is 0 Å². The first-order chi connectivity index (χ1) is 11.6. The number of methoxy groups -OCH3 is 1. The Morgan fingerprint density at radius 2 is 2.04 bits per heavy atom. The van der Waals surface area contributed by atoms with E-state index in [4.69, 9.17) is 14.2 Å². The number of carbonyl (C=O) groups excluding carboxylic acids is 1. The number of ether oxygens (including phenoxy) is 3. The molecule has 1 saturated heterocycles. The van der Waals surface area contributed by atoms with Crippen molar-refractivity contribution >= 4 is 22.9 Å². The number of nitrogens with zero attached hydrogens (tertiary/aromatic N) is 1. The molecule has 24 heavy (non-hydrogen) atoms. The summed E-state index contributed by atoms with van der Waals surface area (Å²) in [4.78, 5) is 12.0. The first kappa shape index (κ1) is 16.4. The lowest BCUT2D eigenvalue weighted by molar-refractivity contribution is -0.159. The van der Waals surface area contributed by atoms with Crippen molar-refractivity contribution in [1.29, 1.82) is 0 Å². The van der Waals surface area contributed by atoms with E-state index >= 15 is 0 Å². The first-order valence-corrected chi connectivity index (χ1v) is 7.77. The Morgan fingerprint density at radius 3 is 2.79 bits per heavy atom. The second kappa shape index (κ2) is 6.98. The van der Waals surface area contributed by atoms with Crippen molar-refractivity contribution in [3.05, 3.63) is 42.0 Å². The van der Waals surface area contributed by atoms with E-state index in [-0.39, 0.29) is 12.3 Å². The first-order valence-electron chi connectivity index (χ1n) is 7.77. The van der Waals surface area contributed by atoms with Gasteiger partial charge in [-0.15, -0.1) is 0 Å². The van der Waals surface area contributed by atoms with Crippen LogP contribution in [0, 0.1) is 0 Å². The molecule has 0 atom stereocenters. The van der Waals surface area contributed by atoms with Crippen molar-refractivity contribution < 1.29 is 19.0 Å². The van der Waals surface area contributed by atoms with Gasteiger partial charge in [-0.05, 0) is 23.8 Å². The predicted molar refractivity (Wildman–Crippen MR) is 91.2 cm³/mol. The van der Waals surface area contributed by atoms with Gasteiger partial charge in [-0.3, -0.25) is 4.79 Å². The van der Waals surface area contributed by atoms with Crippen LogP contribution >= 0.6 is 0 Å². The van der Waals surface area contributed by atoms with Crippen LogP contribution in [0.1, 0.15) is 18.9 Å². The maximum atomic E-state index is 12.0. The molecule has 0 saturated carbocycles. The van der Waals surface area contributed by atoms with Gasteiger partial charge in [0, 0.05) is 5.56 Å². The lowest BCUT2D eigenvalue weighted by Gasteiger charge is -2.20. The second-order valence-corrected chi connectivity index (χ2v) is 5.70. The molecule has 1 heterocycles. The average Bonchev–Trinajstić information content (AvgIpc) is 3.01. The zero-order chi connectivity index (χ0) is 17.0. The zero-order valence-corrected chi connectivity index (χ0v) is 13.7. The summed E-state index contributed by atoms with van der Waals surface area (Å²) in [6, 6.07) is 11.8. The molecule has 1 aliphatic heterocycles. The Morgan fingerprint density at radius 1 is 1.29 bits per heavy atom.